The fourth-order valence-electron chi connectivity index (χ4n) is 3.61. The van der Waals surface area contributed by atoms with E-state index in [0.29, 0.717) is 12.3 Å². The van der Waals surface area contributed by atoms with Gasteiger partial charge in [-0.05, 0) is 49.4 Å². The zero-order valence-corrected chi connectivity index (χ0v) is 20.5. The number of aldehydes is 1. The zero-order chi connectivity index (χ0) is 22.7. The number of rotatable bonds is 14. The molecule has 0 aliphatic carbocycles. The number of hydrogen-bond donors (Lipinski definition) is 2. The molecule has 6 heteroatoms. The van der Waals surface area contributed by atoms with Gasteiger partial charge in [0, 0.05) is 17.0 Å². The van der Waals surface area contributed by atoms with Gasteiger partial charge in [0.1, 0.15) is 12.4 Å². The molecule has 4 nitrogen and oxygen atoms in total. The largest absolute Gasteiger partial charge is 0.485 e. The van der Waals surface area contributed by atoms with E-state index in [1.165, 1.54) is 0 Å². The summed E-state index contributed by atoms with van der Waals surface area (Å²) >= 11 is 6.35. The smallest absolute Gasteiger partial charge is 0.157 e. The summed E-state index contributed by atoms with van der Waals surface area (Å²) in [5.74, 6) is 0.660. The number of benzene rings is 1. The summed E-state index contributed by atoms with van der Waals surface area (Å²) in [7, 11) is 0. The van der Waals surface area contributed by atoms with Crippen LogP contribution in [0.15, 0.2) is 40.1 Å². The Morgan fingerprint density at radius 1 is 1.26 bits per heavy atom. The Bertz CT molecular complexity index is 807. The van der Waals surface area contributed by atoms with Crippen LogP contribution >= 0.6 is 24.4 Å². The van der Waals surface area contributed by atoms with Gasteiger partial charge in [0.2, 0.25) is 0 Å². The molecule has 0 radical (unpaired) electrons. The number of thiol groups is 1. The lowest BCUT2D eigenvalue weighted by molar-refractivity contribution is -0.109. The summed E-state index contributed by atoms with van der Waals surface area (Å²) < 4.78 is 5.61. The summed E-state index contributed by atoms with van der Waals surface area (Å²) in [6, 6.07) is 16.1. The molecule has 0 spiro atoms. The maximum atomic E-state index is 10.8. The lowest BCUT2D eigenvalue weighted by atomic mass is 9.87. The van der Waals surface area contributed by atoms with Crippen molar-refractivity contribution in [3.63, 3.8) is 0 Å². The molecule has 0 fully saturated rings. The van der Waals surface area contributed by atoms with Crippen LogP contribution in [0.1, 0.15) is 52.4 Å². The number of carbonyl (C=O) groups excluding carboxylic acids is 1. The van der Waals surface area contributed by atoms with Gasteiger partial charge in [-0.25, -0.2) is 0 Å². The van der Waals surface area contributed by atoms with Crippen LogP contribution in [0, 0.1) is 12.1 Å². The minimum absolute atomic E-state index is 0.0191. The molecular weight excluding hydrogens is 424 g/mol. The molecule has 2 aromatic rings. The van der Waals surface area contributed by atoms with E-state index < -0.39 is 0 Å². The van der Waals surface area contributed by atoms with Crippen molar-refractivity contribution in [2.45, 2.75) is 67.7 Å². The van der Waals surface area contributed by atoms with E-state index >= 15 is 0 Å². The Hall–Kier alpha value is -1.81. The fraction of sp³-hybridized carbons (Fsp3) is 0.480. The van der Waals surface area contributed by atoms with Crippen molar-refractivity contribution in [3.8, 4) is 5.75 Å². The molecule has 2 N–H and O–H groups in total. The second-order valence-corrected chi connectivity index (χ2v) is 9.14. The van der Waals surface area contributed by atoms with Gasteiger partial charge in [0.15, 0.2) is 6.29 Å². The van der Waals surface area contributed by atoms with Crippen LogP contribution < -0.4 is 15.4 Å². The minimum atomic E-state index is -0.317. The molecular formula is C25H34N2O2S2. The third-order valence-electron chi connectivity index (χ3n) is 5.31. The molecule has 0 amide bonds. The molecule has 31 heavy (non-hydrogen) atoms. The second kappa shape index (κ2) is 12.9. The number of anilines is 2. The van der Waals surface area contributed by atoms with Crippen molar-refractivity contribution in [3.05, 3.63) is 42.5 Å². The highest BCUT2D eigenvalue weighted by Gasteiger charge is 2.29. The maximum Gasteiger partial charge on any atom is 0.157 e. The predicted molar refractivity (Wildman–Crippen MR) is 134 cm³/mol. The van der Waals surface area contributed by atoms with Crippen LogP contribution in [0.3, 0.4) is 0 Å². The monoisotopic (exact) mass is 458 g/mol. The van der Waals surface area contributed by atoms with Gasteiger partial charge in [-0.3, -0.25) is 4.79 Å². The molecule has 0 heterocycles. The Morgan fingerprint density at radius 3 is 2.52 bits per heavy atom. The van der Waals surface area contributed by atoms with Crippen LogP contribution in [0.5, 0.6) is 5.75 Å². The number of thioether (sulfide) groups is 1. The molecule has 2 rings (SSSR count). The highest BCUT2D eigenvalue weighted by atomic mass is 32.2. The van der Waals surface area contributed by atoms with Gasteiger partial charge in [0.05, 0.1) is 16.3 Å². The normalized spacial score (nSPS) is 11.1. The number of carbonyl (C=O) groups is 1. The average molecular weight is 459 g/mol. The van der Waals surface area contributed by atoms with Crippen LogP contribution in [0.2, 0.25) is 0 Å². The molecule has 0 bridgehead atoms. The van der Waals surface area contributed by atoms with Gasteiger partial charge in [-0.15, -0.1) is 24.4 Å². The Morgan fingerprint density at radius 2 is 1.97 bits per heavy atom. The minimum Gasteiger partial charge on any atom is -0.485 e. The van der Waals surface area contributed by atoms with Gasteiger partial charge < -0.3 is 15.4 Å². The first-order valence-corrected chi connectivity index (χ1v) is 12.6. The molecule has 0 atom stereocenters. The van der Waals surface area contributed by atoms with E-state index in [1.54, 1.807) is 11.8 Å². The van der Waals surface area contributed by atoms with E-state index in [1.807, 2.05) is 30.5 Å². The first-order valence-electron chi connectivity index (χ1n) is 10.9. The standard InChI is InChI=1S/C25H34N2O2S2/c1-4-6-13-25(26,14-7-5-2)19-27(20-11-9-8-10-12-20)21-17-24(31-3)22(18-23(21)30)29-16-15-28/h8-9,11,15,17-18,30H,4-7,13-14,16,19,26H2,1-3H3. The fourth-order valence-corrected chi connectivity index (χ4v) is 4.46. The Balaban J connectivity index is 2.50. The molecule has 168 valence electrons. The molecule has 0 aromatic heterocycles. The molecule has 2 aromatic carbocycles. The van der Waals surface area contributed by atoms with Gasteiger partial charge in [-0.2, -0.15) is 0 Å². The average Bonchev–Trinajstić information content (AvgIpc) is 2.79. The number of nitrogens with zero attached hydrogens (tertiary/aromatic N) is 1. The SMILES string of the molecule is CCCCC(N)(CCCC)CN(c1c#cccc1)c1cc(SC)c(OCC=O)cc1S. The second-order valence-electron chi connectivity index (χ2n) is 7.81. The molecule has 0 saturated carbocycles. The quantitative estimate of drug-likeness (QED) is 0.204. The van der Waals surface area contributed by atoms with Crippen LogP contribution in [-0.2, 0) is 4.79 Å². The number of unbranched alkanes of at least 4 members (excludes halogenated alkanes) is 2. The summed E-state index contributed by atoms with van der Waals surface area (Å²) in [5, 5.41) is 0. The highest BCUT2D eigenvalue weighted by molar-refractivity contribution is 7.98. The maximum absolute atomic E-state index is 10.8. The Labute approximate surface area is 197 Å². The topological polar surface area (TPSA) is 55.6 Å². The molecule has 0 aliphatic rings. The lowest BCUT2D eigenvalue weighted by Gasteiger charge is -2.37. The van der Waals surface area contributed by atoms with Gasteiger partial charge in [0.25, 0.3) is 0 Å². The summed E-state index contributed by atoms with van der Waals surface area (Å²) in [6.07, 6.45) is 9.11. The van der Waals surface area contributed by atoms with Crippen LogP contribution in [0.25, 0.3) is 0 Å². The van der Waals surface area contributed by atoms with Gasteiger partial charge >= 0.3 is 0 Å². The van der Waals surface area contributed by atoms with Crippen molar-refractivity contribution in [2.75, 3.05) is 24.3 Å². The molecule has 0 saturated heterocycles. The van der Waals surface area contributed by atoms with Crippen molar-refractivity contribution in [2.24, 2.45) is 5.73 Å². The molecule has 0 unspecified atom stereocenters. The van der Waals surface area contributed by atoms with Gasteiger partial charge in [-0.1, -0.05) is 51.7 Å². The van der Waals surface area contributed by atoms with E-state index in [4.69, 9.17) is 23.1 Å². The number of hydrogen-bond acceptors (Lipinski definition) is 6. The lowest BCUT2D eigenvalue weighted by Crippen LogP contribution is -2.49. The van der Waals surface area contributed by atoms with Crippen LogP contribution in [-0.4, -0.2) is 31.2 Å². The zero-order valence-electron chi connectivity index (χ0n) is 18.8. The summed E-state index contributed by atoms with van der Waals surface area (Å²) in [6.45, 7) is 5.08. The van der Waals surface area contributed by atoms with E-state index in [9.17, 15) is 4.79 Å². The van der Waals surface area contributed by atoms with E-state index in [-0.39, 0.29) is 12.1 Å². The first kappa shape index (κ1) is 25.5. The predicted octanol–water partition coefficient (Wildman–Crippen LogP) is 6.09. The van der Waals surface area contributed by atoms with E-state index in [2.05, 4.69) is 36.9 Å². The third-order valence-corrected chi connectivity index (χ3v) is 6.43. The third kappa shape index (κ3) is 7.38. The number of ether oxygens (including phenoxy) is 1. The Kier molecular flexibility index (Phi) is 10.6. The summed E-state index contributed by atoms with van der Waals surface area (Å²) in [5.41, 5.74) is 8.55. The van der Waals surface area contributed by atoms with Crippen molar-refractivity contribution < 1.29 is 9.53 Å². The van der Waals surface area contributed by atoms with Crippen LogP contribution in [0.4, 0.5) is 11.4 Å². The highest BCUT2D eigenvalue weighted by Crippen LogP contribution is 2.40. The van der Waals surface area contributed by atoms with Crippen molar-refractivity contribution >= 4 is 42.1 Å². The first-order chi connectivity index (χ1) is 15.0. The number of nitrogens with two attached hydrogens (primary N) is 1. The van der Waals surface area contributed by atoms with E-state index in [0.717, 1.165) is 66.0 Å². The summed E-state index contributed by atoms with van der Waals surface area (Å²) in [4.78, 5) is 14.7. The molecule has 0 aliphatic heterocycles. The van der Waals surface area contributed by atoms with Crippen molar-refractivity contribution in [1.29, 1.82) is 0 Å². The van der Waals surface area contributed by atoms with Crippen molar-refractivity contribution in [1.82, 2.24) is 0 Å².